The Hall–Kier alpha value is -3.82. The molecule has 9 heteroatoms. The number of rotatable bonds is 5. The highest BCUT2D eigenvalue weighted by Gasteiger charge is 2.27. The van der Waals surface area contributed by atoms with Crippen molar-refractivity contribution in [3.8, 4) is 11.4 Å². The minimum Gasteiger partial charge on any atom is -0.382 e. The van der Waals surface area contributed by atoms with Crippen molar-refractivity contribution in [1.29, 1.82) is 0 Å². The third kappa shape index (κ3) is 4.99. The van der Waals surface area contributed by atoms with E-state index in [9.17, 15) is 4.79 Å². The maximum Gasteiger partial charge on any atom is 0.259 e. The van der Waals surface area contributed by atoms with Gasteiger partial charge in [-0.3, -0.25) is 9.69 Å². The third-order valence-corrected chi connectivity index (χ3v) is 7.91. The number of aromatic amines is 1. The van der Waals surface area contributed by atoms with Crippen molar-refractivity contribution >= 4 is 28.1 Å². The molecule has 1 aliphatic carbocycles. The second-order valence-electron chi connectivity index (χ2n) is 10.3. The van der Waals surface area contributed by atoms with Crippen LogP contribution in [-0.2, 0) is 4.74 Å². The van der Waals surface area contributed by atoms with E-state index in [1.165, 1.54) is 31.2 Å². The van der Waals surface area contributed by atoms with Gasteiger partial charge in [-0.1, -0.05) is 12.1 Å². The molecule has 4 N–H and O–H groups in total. The number of anilines is 3. The number of hydrogen-bond donors (Lipinski definition) is 3. The van der Waals surface area contributed by atoms with E-state index in [0.717, 1.165) is 37.4 Å². The molecule has 0 radical (unpaired) electrons. The van der Waals surface area contributed by atoms with Crippen molar-refractivity contribution in [2.75, 3.05) is 37.4 Å². The number of hydrogen-bond acceptors (Lipinski definition) is 8. The van der Waals surface area contributed by atoms with E-state index in [1.54, 1.807) is 12.4 Å². The molecule has 1 saturated heterocycles. The molecule has 0 unspecified atom stereocenters. The molecule has 4 aromatic rings. The van der Waals surface area contributed by atoms with Gasteiger partial charge in [0.1, 0.15) is 17.3 Å². The highest BCUT2D eigenvalue weighted by Crippen LogP contribution is 2.36. The lowest BCUT2D eigenvalue weighted by molar-refractivity contribution is 0.00730. The lowest BCUT2D eigenvalue weighted by Gasteiger charge is -2.38. The number of aryl methyl sites for hydroxylation is 1. The van der Waals surface area contributed by atoms with E-state index < -0.39 is 0 Å². The molecule has 6 rings (SSSR count). The van der Waals surface area contributed by atoms with E-state index >= 15 is 0 Å². The maximum absolute atomic E-state index is 12.7. The van der Waals surface area contributed by atoms with Crippen molar-refractivity contribution in [2.45, 2.75) is 44.6 Å². The molecule has 0 bridgehead atoms. The monoisotopic (exact) mass is 511 g/mol. The fraction of sp³-hybridized carbons (Fsp3) is 0.379. The summed E-state index contributed by atoms with van der Waals surface area (Å²) >= 11 is 0. The molecule has 0 amide bonds. The second kappa shape index (κ2) is 10.5. The molecule has 38 heavy (non-hydrogen) atoms. The minimum atomic E-state index is -0.197. The van der Waals surface area contributed by atoms with Gasteiger partial charge >= 0.3 is 0 Å². The van der Waals surface area contributed by atoms with Crippen LogP contribution in [-0.4, -0.2) is 57.2 Å². The van der Waals surface area contributed by atoms with Crippen LogP contribution in [0.1, 0.15) is 42.9 Å². The first-order valence-corrected chi connectivity index (χ1v) is 13.4. The van der Waals surface area contributed by atoms with Gasteiger partial charge < -0.3 is 20.8 Å². The number of nitrogens with two attached hydrogens (primary N) is 1. The Morgan fingerprint density at radius 3 is 2.53 bits per heavy atom. The van der Waals surface area contributed by atoms with E-state index in [4.69, 9.17) is 15.5 Å². The average molecular weight is 512 g/mol. The van der Waals surface area contributed by atoms with Gasteiger partial charge in [0.15, 0.2) is 0 Å². The van der Waals surface area contributed by atoms with Crippen molar-refractivity contribution < 1.29 is 4.74 Å². The Labute approximate surface area is 221 Å². The minimum absolute atomic E-state index is 0.197. The van der Waals surface area contributed by atoms with E-state index in [1.807, 2.05) is 19.1 Å². The summed E-state index contributed by atoms with van der Waals surface area (Å²) in [6.45, 7) is 5.66. The number of benzene rings is 1. The molecule has 4 heterocycles. The summed E-state index contributed by atoms with van der Waals surface area (Å²) in [4.78, 5) is 31.7. The number of ether oxygens (including phenoxy) is 1. The first kappa shape index (κ1) is 24.5. The molecule has 3 aromatic heterocycles. The molecule has 1 aromatic carbocycles. The zero-order chi connectivity index (χ0) is 26.1. The van der Waals surface area contributed by atoms with Gasteiger partial charge in [-0.2, -0.15) is 0 Å². The molecule has 2 fully saturated rings. The molecule has 0 atom stereocenters. The van der Waals surface area contributed by atoms with Gasteiger partial charge in [-0.15, -0.1) is 0 Å². The topological polar surface area (TPSA) is 122 Å². The van der Waals surface area contributed by atoms with Crippen LogP contribution in [0.15, 0.2) is 53.6 Å². The van der Waals surface area contributed by atoms with E-state index in [2.05, 4.69) is 49.4 Å². The van der Waals surface area contributed by atoms with E-state index in [0.29, 0.717) is 46.1 Å². The standard InChI is InChI=1S/C29H33N7O2/c1-18-27(30)32-17-25(33-18)24-16-21-10-11-31-29(37)26(21)28(35-24)34-22-6-2-19(3-7-22)20-4-8-23(9-5-20)36-12-14-38-15-13-36/h2-3,6-7,10-11,16-17,20,23H,4-5,8-9,12-15H2,1H3,(H2,30,32)(H,31,37)(H,34,35)/t20-,23-. The van der Waals surface area contributed by atoms with Crippen LogP contribution in [0.25, 0.3) is 22.2 Å². The smallest absolute Gasteiger partial charge is 0.259 e. The number of nitrogens with one attached hydrogen (secondary N) is 2. The Kier molecular flexibility index (Phi) is 6.78. The fourth-order valence-electron chi connectivity index (χ4n) is 5.74. The molecular formula is C29H33N7O2. The quantitative estimate of drug-likeness (QED) is 0.361. The maximum atomic E-state index is 12.7. The van der Waals surface area contributed by atoms with Crippen LogP contribution in [0, 0.1) is 6.92 Å². The first-order valence-electron chi connectivity index (χ1n) is 13.4. The molecule has 0 spiro atoms. The number of fused-ring (bicyclic) bond motifs is 1. The van der Waals surface area contributed by atoms with Crippen LogP contribution >= 0.6 is 0 Å². The van der Waals surface area contributed by atoms with Crippen LogP contribution in [0.4, 0.5) is 17.3 Å². The molecule has 1 aliphatic heterocycles. The van der Waals surface area contributed by atoms with Crippen molar-refractivity contribution in [3.05, 3.63) is 70.4 Å². The van der Waals surface area contributed by atoms with Crippen LogP contribution in [0.2, 0.25) is 0 Å². The number of morpholine rings is 1. The van der Waals surface area contributed by atoms with Gasteiger partial charge in [-0.05, 0) is 73.7 Å². The number of aromatic nitrogens is 4. The first-order chi connectivity index (χ1) is 18.5. The predicted octanol–water partition coefficient (Wildman–Crippen LogP) is 4.37. The second-order valence-corrected chi connectivity index (χ2v) is 10.3. The fourth-order valence-corrected chi connectivity index (χ4v) is 5.74. The van der Waals surface area contributed by atoms with Crippen molar-refractivity contribution in [2.24, 2.45) is 0 Å². The third-order valence-electron chi connectivity index (χ3n) is 7.91. The Bertz CT molecular complexity index is 1490. The van der Waals surface area contributed by atoms with Gasteiger partial charge in [-0.25, -0.2) is 15.0 Å². The van der Waals surface area contributed by atoms with Crippen molar-refractivity contribution in [1.82, 2.24) is 24.8 Å². The lowest BCUT2D eigenvalue weighted by Crippen LogP contribution is -2.44. The number of H-pyrrole nitrogens is 1. The average Bonchev–Trinajstić information content (AvgIpc) is 2.95. The highest BCUT2D eigenvalue weighted by molar-refractivity contribution is 5.94. The molecule has 9 nitrogen and oxygen atoms in total. The summed E-state index contributed by atoms with van der Waals surface area (Å²) in [5.41, 5.74) is 9.77. The van der Waals surface area contributed by atoms with Crippen molar-refractivity contribution in [3.63, 3.8) is 0 Å². The number of pyridine rings is 2. The predicted molar refractivity (Wildman–Crippen MR) is 150 cm³/mol. The summed E-state index contributed by atoms with van der Waals surface area (Å²) in [6.07, 6.45) is 8.14. The largest absolute Gasteiger partial charge is 0.382 e. The summed E-state index contributed by atoms with van der Waals surface area (Å²) in [5.74, 6) is 1.45. The Balaban J connectivity index is 1.22. The van der Waals surface area contributed by atoms with Crippen LogP contribution in [0.3, 0.4) is 0 Å². The van der Waals surface area contributed by atoms with E-state index in [-0.39, 0.29) is 5.56 Å². The zero-order valence-electron chi connectivity index (χ0n) is 21.6. The summed E-state index contributed by atoms with van der Waals surface area (Å²) in [7, 11) is 0. The summed E-state index contributed by atoms with van der Waals surface area (Å²) in [5, 5.41) is 4.65. The zero-order valence-corrected chi connectivity index (χ0v) is 21.6. The SMILES string of the molecule is Cc1nc(-c2cc3cc[nH]c(=O)c3c(Nc3ccc([C@H]4CC[C@H](N5CCOCC5)CC4)cc3)n2)cnc1N. The van der Waals surface area contributed by atoms with Gasteiger partial charge in [0.2, 0.25) is 0 Å². The molecule has 2 aliphatic rings. The highest BCUT2D eigenvalue weighted by atomic mass is 16.5. The van der Waals surface area contributed by atoms with Gasteiger partial charge in [0, 0.05) is 31.0 Å². The Morgan fingerprint density at radius 2 is 1.79 bits per heavy atom. The van der Waals surface area contributed by atoms with Crippen LogP contribution < -0.4 is 16.6 Å². The molecule has 1 saturated carbocycles. The van der Waals surface area contributed by atoms with Gasteiger partial charge in [0.25, 0.3) is 5.56 Å². The summed E-state index contributed by atoms with van der Waals surface area (Å²) < 4.78 is 5.52. The number of nitrogen functional groups attached to an aromatic ring is 1. The normalized spacial score (nSPS) is 20.4. The number of nitrogens with zero attached hydrogens (tertiary/aromatic N) is 4. The summed E-state index contributed by atoms with van der Waals surface area (Å²) in [6, 6.07) is 13.0. The van der Waals surface area contributed by atoms with Crippen LogP contribution in [0.5, 0.6) is 0 Å². The molecular weight excluding hydrogens is 478 g/mol. The Morgan fingerprint density at radius 1 is 1.03 bits per heavy atom. The molecule has 196 valence electrons. The lowest BCUT2D eigenvalue weighted by atomic mass is 9.81. The van der Waals surface area contributed by atoms with Gasteiger partial charge in [0.05, 0.1) is 36.2 Å².